The molecule has 3 nitrogen and oxygen atoms in total. The van der Waals surface area contributed by atoms with Gasteiger partial charge in [-0.15, -0.1) is 0 Å². The number of carbonyl (C=O) groups is 1. The largest absolute Gasteiger partial charge is 0.481 e. The molecule has 5 heteroatoms. The number of unbranched alkanes of at least 4 members (excludes halogenated alkanes) is 6. The molecule has 0 bridgehead atoms. The van der Waals surface area contributed by atoms with Crippen molar-refractivity contribution in [2.45, 2.75) is 70.5 Å². The first kappa shape index (κ1) is 22.3. The van der Waals surface area contributed by atoms with Gasteiger partial charge < -0.3 is 9.84 Å². The molecule has 0 amide bonds. The molecule has 154 valence electrons. The van der Waals surface area contributed by atoms with E-state index in [-0.39, 0.29) is 0 Å². The van der Waals surface area contributed by atoms with Crippen LogP contribution < -0.4 is 0 Å². The molecular weight excluding hydrogens is 362 g/mol. The molecule has 0 radical (unpaired) electrons. The summed E-state index contributed by atoms with van der Waals surface area (Å²) in [6, 6.07) is 7.42. The van der Waals surface area contributed by atoms with Crippen molar-refractivity contribution in [3.8, 4) is 0 Å². The lowest BCUT2D eigenvalue weighted by Gasteiger charge is -2.32. The van der Waals surface area contributed by atoms with Crippen molar-refractivity contribution in [3.05, 3.63) is 59.7 Å². The molecule has 0 unspecified atom stereocenters. The van der Waals surface area contributed by atoms with Crippen molar-refractivity contribution in [3.63, 3.8) is 0 Å². The maximum absolute atomic E-state index is 13.2. The van der Waals surface area contributed by atoms with E-state index >= 15 is 0 Å². The van der Waals surface area contributed by atoms with Gasteiger partial charge in [-0.2, -0.15) is 8.78 Å². The number of aliphatic carboxylic acids is 1. The molecule has 0 saturated carbocycles. The Morgan fingerprint density at radius 1 is 1.07 bits per heavy atom. The molecule has 0 atom stereocenters. The molecule has 0 fully saturated rings. The first-order valence-corrected chi connectivity index (χ1v) is 10.1. The Bertz CT molecular complexity index is 668. The Kier molecular flexibility index (Phi) is 8.84. The summed E-state index contributed by atoms with van der Waals surface area (Å²) in [7, 11) is 0. The first-order valence-electron chi connectivity index (χ1n) is 10.1. The van der Waals surface area contributed by atoms with Crippen molar-refractivity contribution in [1.29, 1.82) is 0 Å². The molecule has 0 spiro atoms. The van der Waals surface area contributed by atoms with E-state index in [4.69, 9.17) is 9.84 Å². The number of carboxylic acids is 1. The van der Waals surface area contributed by atoms with Crippen molar-refractivity contribution in [1.82, 2.24) is 0 Å². The minimum Gasteiger partial charge on any atom is -0.481 e. The lowest BCUT2D eigenvalue weighted by atomic mass is 9.83. The smallest absolute Gasteiger partial charge is 0.346 e. The van der Waals surface area contributed by atoms with Gasteiger partial charge in [-0.05, 0) is 36.1 Å². The van der Waals surface area contributed by atoms with E-state index in [1.54, 1.807) is 12.1 Å². The number of benzene rings is 1. The van der Waals surface area contributed by atoms with Gasteiger partial charge in [0.05, 0.1) is 5.92 Å². The second kappa shape index (κ2) is 11.1. The molecule has 1 aromatic carbocycles. The number of carboxylic acid groups (broad SMARTS) is 1. The fourth-order valence-electron chi connectivity index (χ4n) is 3.64. The van der Waals surface area contributed by atoms with E-state index in [1.807, 2.05) is 12.1 Å². The summed E-state index contributed by atoms with van der Waals surface area (Å²) in [5.41, 5.74) is 0.176. The Hall–Kier alpha value is -2.01. The minimum atomic E-state index is -2.97. The van der Waals surface area contributed by atoms with Crippen LogP contribution in [0.5, 0.6) is 0 Å². The summed E-state index contributed by atoms with van der Waals surface area (Å²) in [6.07, 6.45) is 14.8. The summed E-state index contributed by atoms with van der Waals surface area (Å²) in [6.45, 7) is -0.775. The van der Waals surface area contributed by atoms with Gasteiger partial charge in [0.2, 0.25) is 0 Å². The maximum Gasteiger partial charge on any atom is 0.346 e. The van der Waals surface area contributed by atoms with Crippen LogP contribution in [0.3, 0.4) is 0 Å². The van der Waals surface area contributed by atoms with Crippen LogP contribution in [0.2, 0.25) is 0 Å². The number of halogens is 2. The lowest BCUT2D eigenvalue weighted by molar-refractivity contribution is -0.180. The molecule has 1 N–H and O–H groups in total. The third-order valence-electron chi connectivity index (χ3n) is 5.16. The second-order valence-corrected chi connectivity index (χ2v) is 7.28. The Balaban J connectivity index is 2.11. The zero-order valence-corrected chi connectivity index (χ0v) is 16.4. The average molecular weight is 392 g/mol. The number of hydrogen-bond donors (Lipinski definition) is 1. The first-order chi connectivity index (χ1) is 13.5. The van der Waals surface area contributed by atoms with Gasteiger partial charge in [-0.25, -0.2) is 0 Å². The lowest BCUT2D eigenvalue weighted by Crippen LogP contribution is -2.31. The fourth-order valence-corrected chi connectivity index (χ4v) is 3.64. The van der Waals surface area contributed by atoms with E-state index in [9.17, 15) is 13.6 Å². The SMILES string of the molecule is CCCCCCCCCc1ccccc1C1(OC(F)F)C=CC(C(=O)O)C=C1. The van der Waals surface area contributed by atoms with Crippen LogP contribution in [0.4, 0.5) is 8.78 Å². The van der Waals surface area contributed by atoms with Crippen molar-refractivity contribution < 1.29 is 23.4 Å². The molecular formula is C23H30F2O3. The summed E-state index contributed by atoms with van der Waals surface area (Å²) in [4.78, 5) is 11.2. The standard InChI is InChI=1S/C23H30F2O3/c1-2-3-4-5-6-7-8-11-18-12-9-10-13-20(18)23(28-22(24)25)16-14-19(15-17-23)21(26)27/h9-10,12-17,19,22H,2-8,11H2,1H3,(H,26,27). The molecule has 1 aliphatic rings. The second-order valence-electron chi connectivity index (χ2n) is 7.28. The van der Waals surface area contributed by atoms with E-state index < -0.39 is 24.1 Å². The van der Waals surface area contributed by atoms with Crippen molar-refractivity contribution >= 4 is 5.97 Å². The van der Waals surface area contributed by atoms with Crippen LogP contribution >= 0.6 is 0 Å². The van der Waals surface area contributed by atoms with Gasteiger partial charge in [0, 0.05) is 0 Å². The monoisotopic (exact) mass is 392 g/mol. The predicted octanol–water partition coefficient (Wildman–Crippen LogP) is 6.24. The van der Waals surface area contributed by atoms with Crippen LogP contribution in [0.25, 0.3) is 0 Å². The topological polar surface area (TPSA) is 46.5 Å². The zero-order valence-electron chi connectivity index (χ0n) is 16.4. The Labute approximate surface area is 166 Å². The van der Waals surface area contributed by atoms with Crippen LogP contribution in [0, 0.1) is 5.92 Å². The quantitative estimate of drug-likeness (QED) is 0.338. The fraction of sp³-hybridized carbons (Fsp3) is 0.522. The molecule has 2 rings (SSSR count). The number of ether oxygens (including phenoxy) is 1. The van der Waals surface area contributed by atoms with Crippen molar-refractivity contribution in [2.75, 3.05) is 0 Å². The average Bonchev–Trinajstić information content (AvgIpc) is 2.67. The summed E-state index contributed by atoms with van der Waals surface area (Å²) < 4.78 is 31.4. The van der Waals surface area contributed by atoms with Crippen molar-refractivity contribution in [2.24, 2.45) is 5.92 Å². The van der Waals surface area contributed by atoms with Gasteiger partial charge in [-0.3, -0.25) is 4.79 Å². The number of hydrogen-bond acceptors (Lipinski definition) is 2. The van der Waals surface area contributed by atoms with Crippen LogP contribution in [-0.2, 0) is 21.6 Å². The van der Waals surface area contributed by atoms with Gasteiger partial charge in [0.1, 0.15) is 5.60 Å². The summed E-state index contributed by atoms with van der Waals surface area (Å²) in [5.74, 6) is -1.85. The zero-order chi connectivity index (χ0) is 20.4. The van der Waals surface area contributed by atoms with Gasteiger partial charge in [0.15, 0.2) is 0 Å². The normalized spacial score (nSPS) is 21.4. The summed E-state index contributed by atoms with van der Waals surface area (Å²) in [5, 5.41) is 9.14. The van der Waals surface area contributed by atoms with Gasteiger partial charge in [0.25, 0.3) is 0 Å². The predicted molar refractivity (Wildman–Crippen MR) is 106 cm³/mol. The van der Waals surface area contributed by atoms with E-state index in [0.29, 0.717) is 5.56 Å². The van der Waals surface area contributed by atoms with E-state index in [0.717, 1.165) is 24.8 Å². The highest BCUT2D eigenvalue weighted by Gasteiger charge is 2.36. The molecule has 0 aromatic heterocycles. The molecule has 0 saturated heterocycles. The van der Waals surface area contributed by atoms with Gasteiger partial charge in [-0.1, -0.05) is 81.9 Å². The summed E-state index contributed by atoms with van der Waals surface area (Å²) >= 11 is 0. The highest BCUT2D eigenvalue weighted by Crippen LogP contribution is 2.37. The molecule has 1 aliphatic carbocycles. The highest BCUT2D eigenvalue weighted by molar-refractivity contribution is 5.75. The number of aryl methyl sites for hydroxylation is 1. The van der Waals surface area contributed by atoms with Crippen LogP contribution in [0.1, 0.15) is 63.0 Å². The molecule has 0 aliphatic heterocycles. The highest BCUT2D eigenvalue weighted by atomic mass is 19.3. The van der Waals surface area contributed by atoms with Gasteiger partial charge >= 0.3 is 12.6 Å². The van der Waals surface area contributed by atoms with Crippen LogP contribution in [-0.4, -0.2) is 17.7 Å². The van der Waals surface area contributed by atoms with Crippen LogP contribution in [0.15, 0.2) is 48.6 Å². The maximum atomic E-state index is 13.2. The molecule has 1 aromatic rings. The third kappa shape index (κ3) is 6.26. The third-order valence-corrected chi connectivity index (χ3v) is 5.16. The molecule has 0 heterocycles. The minimum absolute atomic E-state index is 0.651. The molecule has 28 heavy (non-hydrogen) atoms. The number of alkyl halides is 2. The number of rotatable bonds is 12. The van der Waals surface area contributed by atoms with E-state index in [1.165, 1.54) is 56.4 Å². The van der Waals surface area contributed by atoms with E-state index in [2.05, 4.69) is 6.92 Å². The Morgan fingerprint density at radius 3 is 2.29 bits per heavy atom. The Morgan fingerprint density at radius 2 is 1.68 bits per heavy atom.